The van der Waals surface area contributed by atoms with Crippen LogP contribution in [0.3, 0.4) is 0 Å². The third-order valence-electron chi connectivity index (χ3n) is 36.5. The van der Waals surface area contributed by atoms with Crippen molar-refractivity contribution in [2.24, 2.45) is 0 Å². The molecule has 0 spiro atoms. The lowest BCUT2D eigenvalue weighted by molar-refractivity contribution is 0.418. The highest BCUT2D eigenvalue weighted by atomic mass is 28.3. The van der Waals surface area contributed by atoms with Gasteiger partial charge in [0.25, 0.3) is 0 Å². The van der Waals surface area contributed by atoms with E-state index in [0.29, 0.717) is 66.5 Å². The first-order chi connectivity index (χ1) is 68.3. The molecule has 1 heterocycles. The Labute approximate surface area is 867 Å². The molecule has 0 bridgehead atoms. The Bertz CT molecular complexity index is 7890. The quantitative estimate of drug-likeness (QED) is 0.0433. The maximum absolute atomic E-state index is 7.67. The van der Waals surface area contributed by atoms with Crippen molar-refractivity contribution in [3.8, 4) is 101 Å². The van der Waals surface area contributed by atoms with Crippen molar-refractivity contribution in [2.45, 2.75) is 304 Å². The minimum atomic E-state index is -2.30. The molecule has 0 fully saturated rings. The van der Waals surface area contributed by atoms with E-state index in [1.807, 2.05) is 0 Å². The average molecular weight is 1960 g/mol. The van der Waals surface area contributed by atoms with Crippen molar-refractivity contribution in [1.82, 2.24) is 0 Å². The molecule has 0 atom stereocenters. The Hall–Kier alpha value is -11.3. The maximum Gasteiger partial charge on any atom is 0.139 e. The first-order valence-corrected chi connectivity index (χ1v) is 63.6. The summed E-state index contributed by atoms with van der Waals surface area (Å²) in [6.07, 6.45) is 0. The average Bonchev–Trinajstić information content (AvgIpc) is 0.690. The molecule has 736 valence electrons. The van der Waals surface area contributed by atoms with Gasteiger partial charge in [0.2, 0.25) is 0 Å². The van der Waals surface area contributed by atoms with E-state index in [4.69, 9.17) is 4.74 Å². The summed E-state index contributed by atoms with van der Waals surface area (Å²) in [5.41, 5.74) is 30.0. The molecule has 19 rings (SSSR count). The number of ether oxygens (including phenoxy) is 1. The molecule has 0 amide bonds. The number of benzene rings is 18. The van der Waals surface area contributed by atoms with Crippen LogP contribution in [0.25, 0.3) is 175 Å². The number of fused-ring (bicyclic) bond motifs is 10. The van der Waals surface area contributed by atoms with Gasteiger partial charge in [-0.25, -0.2) is 0 Å². The summed E-state index contributed by atoms with van der Waals surface area (Å²) >= 11 is 0. The van der Waals surface area contributed by atoms with Crippen LogP contribution in [0, 0.1) is 0 Å². The molecule has 18 aromatic rings. The second kappa shape index (κ2) is 37.9. The van der Waals surface area contributed by atoms with Crippen molar-refractivity contribution < 1.29 is 4.74 Å². The zero-order chi connectivity index (χ0) is 103. The van der Waals surface area contributed by atoms with Crippen LogP contribution in [0.2, 0.25) is 66.5 Å². The van der Waals surface area contributed by atoms with Crippen molar-refractivity contribution in [1.29, 1.82) is 0 Å². The molecule has 0 aromatic heterocycles. The Balaban J connectivity index is 0.597. The third-order valence-corrected chi connectivity index (χ3v) is 65.0. The van der Waals surface area contributed by atoms with E-state index < -0.39 is 37.7 Å². The van der Waals surface area contributed by atoms with Crippen molar-refractivity contribution >= 4 is 139 Å². The molecule has 18 aromatic carbocycles. The molecular formula is C139H158OSi4. The van der Waals surface area contributed by atoms with Crippen LogP contribution in [0.4, 0.5) is 0 Å². The first kappa shape index (κ1) is 101. The highest BCUT2D eigenvalue weighted by Gasteiger charge is 2.54. The van der Waals surface area contributed by atoms with Crippen LogP contribution in [-0.2, 0) is 16.2 Å². The second-order valence-corrected chi connectivity index (χ2v) is 73.3. The predicted molar refractivity (Wildman–Crippen MR) is 649 cm³/mol. The van der Waals surface area contributed by atoms with Crippen LogP contribution < -0.4 is 25.5 Å². The van der Waals surface area contributed by atoms with Gasteiger partial charge >= 0.3 is 0 Å². The van der Waals surface area contributed by atoms with Gasteiger partial charge in [0.1, 0.15) is 11.5 Å². The molecule has 0 unspecified atom stereocenters. The summed E-state index contributed by atoms with van der Waals surface area (Å²) in [5, 5.41) is 29.7. The number of hydrogen-bond acceptors (Lipinski definition) is 1. The van der Waals surface area contributed by atoms with Gasteiger partial charge in [0, 0.05) is 27.7 Å². The summed E-state index contributed by atoms with van der Waals surface area (Å²) in [6, 6.07) is 120. The molecule has 0 N–H and O–H groups in total. The molecule has 0 saturated heterocycles. The number of hydrogen-bond donors (Lipinski definition) is 0. The van der Waals surface area contributed by atoms with Crippen LogP contribution in [0.1, 0.15) is 244 Å². The zero-order valence-corrected chi connectivity index (χ0v) is 96.7. The molecule has 1 nitrogen and oxygen atoms in total. The van der Waals surface area contributed by atoms with E-state index >= 15 is 0 Å². The molecular weight excluding hydrogens is 1800 g/mol. The van der Waals surface area contributed by atoms with E-state index in [0.717, 1.165) is 33.8 Å². The van der Waals surface area contributed by atoms with E-state index in [1.54, 1.807) is 20.7 Å². The summed E-state index contributed by atoms with van der Waals surface area (Å²) in [7, 11) is -9.12. The zero-order valence-electron chi connectivity index (χ0n) is 92.7. The lowest BCUT2D eigenvalue weighted by Gasteiger charge is -2.48. The van der Waals surface area contributed by atoms with E-state index in [9.17, 15) is 0 Å². The second-order valence-electron chi connectivity index (χ2n) is 50.0. The molecule has 5 heteroatoms. The van der Waals surface area contributed by atoms with E-state index in [1.165, 1.54) is 175 Å². The Kier molecular flexibility index (Phi) is 26.7. The van der Waals surface area contributed by atoms with E-state index in [2.05, 4.69) is 525 Å². The molecule has 1 aliphatic rings. The first-order valence-electron chi connectivity index (χ1n) is 54.7. The standard InChI is InChI=1S/C139H158OSi4/c1-83(2)141(84(3)4,85(5)6)133-121-71-107-37-33-35-39-109(107)73-123(121)135(143(89(13)14,90(15)16)91(17)18)127-77-115-69-111(65-67-113(115)75-125(127)133)103-53-49-99(50-54-103)97-43-41-95(42-44-97)96-45-47-98(48-46-96)101-57-61-105(62-58-101)119-79-117(137(25,26)27)81-129-131(119)140-132-120(80-118(138(28,29)30)82-130(132)139(129,31)32)106-63-59-102(60-64-106)100-51-55-104(56-52-100)112-66-68-114-76-126-128(78-116(114)70-112)136(144(92(19)20,93(21)22)94(23)24)124-74-110-40-36-34-38-108(110)72-122(124)134(126)142(86(7)8,87(9)10)88(11)12/h33-94H,1-32H3. The Morgan fingerprint density at radius 2 is 0.354 bits per heavy atom. The van der Waals surface area contributed by atoms with Crippen molar-refractivity contribution in [3.05, 3.63) is 326 Å². The SMILES string of the molecule is CC(C)[Si](c1c2cc3ccccc3cc2c([Si](C(C)C)(C(C)C)C(C)C)c2cc3cc(-c4ccc(-c5ccc(-c6ccc(-c7ccc(-c8cc(C(C)(C)C)cc9c8Oc8c(-c%10ccc(-c%11ccc(-c%12ccc%13cc%14c([Si](C(C)C)(C(C)C)C(C)C)c%15cc%16ccccc%16cc%15c([Si](C(C)C)(C(C)C)C(C)C)c%14cc%13c%12)cc%11)cc%10)cc(C(C)(C)C)cc8C9(C)C)cc7)cc6)cc5)cc4)ccc3cc12)(C(C)C)C(C)C. The van der Waals surface area contributed by atoms with Crippen molar-refractivity contribution in [2.75, 3.05) is 0 Å². The third kappa shape index (κ3) is 16.5. The van der Waals surface area contributed by atoms with Gasteiger partial charge < -0.3 is 4.74 Å². The Morgan fingerprint density at radius 1 is 0.188 bits per heavy atom. The fourth-order valence-electron chi connectivity index (χ4n) is 30.1. The van der Waals surface area contributed by atoms with Crippen LogP contribution in [-0.4, -0.2) is 32.3 Å². The minimum Gasteiger partial charge on any atom is -0.455 e. The molecule has 0 saturated carbocycles. The predicted octanol–water partition coefficient (Wildman–Crippen LogP) is 40.8. The number of rotatable bonds is 24. The molecule has 0 aliphatic carbocycles. The molecule has 1 aliphatic heterocycles. The minimum absolute atomic E-state index is 0.119. The largest absolute Gasteiger partial charge is 0.455 e. The topological polar surface area (TPSA) is 9.23 Å². The van der Waals surface area contributed by atoms with Crippen molar-refractivity contribution in [3.63, 3.8) is 0 Å². The monoisotopic (exact) mass is 1960 g/mol. The lowest BCUT2D eigenvalue weighted by atomic mass is 9.70. The van der Waals surface area contributed by atoms with Gasteiger partial charge in [-0.15, -0.1) is 0 Å². The van der Waals surface area contributed by atoms with Crippen LogP contribution >= 0.6 is 0 Å². The van der Waals surface area contributed by atoms with Gasteiger partial charge in [-0.2, -0.15) is 0 Å². The summed E-state index contributed by atoms with van der Waals surface area (Å²) in [5.74, 6) is 1.87. The summed E-state index contributed by atoms with van der Waals surface area (Å²) in [6.45, 7) is 80.4. The van der Waals surface area contributed by atoms with Gasteiger partial charge in [0.15, 0.2) is 0 Å². The highest BCUT2D eigenvalue weighted by molar-refractivity contribution is 7.02. The smallest absolute Gasteiger partial charge is 0.139 e. The van der Waals surface area contributed by atoms with E-state index in [-0.39, 0.29) is 10.8 Å². The van der Waals surface area contributed by atoms with Crippen LogP contribution in [0.15, 0.2) is 303 Å². The summed E-state index contributed by atoms with van der Waals surface area (Å²) < 4.78 is 7.67. The van der Waals surface area contributed by atoms with Gasteiger partial charge in [-0.1, -0.05) is 452 Å². The van der Waals surface area contributed by atoms with Gasteiger partial charge in [0.05, 0.1) is 32.3 Å². The highest BCUT2D eigenvalue weighted by Crippen LogP contribution is 2.59. The fraction of sp³-hybridized carbons (Fsp3) is 0.338. The normalized spacial score (nSPS) is 13.7. The fourth-order valence-corrected chi connectivity index (χ4v) is 58.4. The Morgan fingerprint density at radius 3 is 0.542 bits per heavy atom. The van der Waals surface area contributed by atoms with Gasteiger partial charge in [-0.3, -0.25) is 0 Å². The maximum atomic E-state index is 7.67. The summed E-state index contributed by atoms with van der Waals surface area (Å²) in [4.78, 5) is 0. The lowest BCUT2D eigenvalue weighted by Crippen LogP contribution is -2.59. The van der Waals surface area contributed by atoms with Gasteiger partial charge in [-0.05, 0) is 346 Å². The molecule has 0 radical (unpaired) electrons. The molecule has 144 heavy (non-hydrogen) atoms. The van der Waals surface area contributed by atoms with Crippen LogP contribution in [0.5, 0.6) is 11.5 Å².